The molecular weight excluding hydrogens is 472 g/mol. The SMILES string of the molecule is CC1CN(N/C=C(\C=N)c2cnc(N)c(OC(O)(O)c3cccc(C#CC(C)(C)O)c3)c2)CC(C)N1C. The van der Waals surface area contributed by atoms with Gasteiger partial charge >= 0.3 is 5.97 Å². The summed E-state index contributed by atoms with van der Waals surface area (Å²) in [7, 11) is 2.11. The van der Waals surface area contributed by atoms with Crippen molar-refractivity contribution in [3.05, 3.63) is 59.4 Å². The number of aliphatic hydroxyl groups is 3. The number of rotatable bonds is 7. The minimum Gasteiger partial charge on any atom is -0.432 e. The van der Waals surface area contributed by atoms with E-state index in [0.29, 0.717) is 28.8 Å². The number of likely N-dealkylation sites (N-methyl/N-ethyl adjacent to an activating group) is 1. The average molecular weight is 509 g/mol. The zero-order valence-electron chi connectivity index (χ0n) is 21.9. The van der Waals surface area contributed by atoms with Crippen LogP contribution < -0.4 is 15.9 Å². The maximum absolute atomic E-state index is 10.7. The molecule has 3 rings (SSSR count). The van der Waals surface area contributed by atoms with Gasteiger partial charge in [0.05, 0.1) is 5.56 Å². The molecule has 1 aromatic heterocycles. The molecule has 10 heteroatoms. The molecule has 0 spiro atoms. The van der Waals surface area contributed by atoms with Gasteiger partial charge in [0, 0.05) is 60.5 Å². The molecule has 1 aliphatic rings. The second-order valence-electron chi connectivity index (χ2n) is 9.85. The van der Waals surface area contributed by atoms with Gasteiger partial charge in [-0.1, -0.05) is 17.9 Å². The van der Waals surface area contributed by atoms with E-state index in [1.165, 1.54) is 30.6 Å². The highest BCUT2D eigenvalue weighted by Gasteiger charge is 2.30. The summed E-state index contributed by atoms with van der Waals surface area (Å²) in [5.41, 5.74) is 9.50. The van der Waals surface area contributed by atoms with Crippen molar-refractivity contribution in [2.45, 2.75) is 51.4 Å². The van der Waals surface area contributed by atoms with Crippen LogP contribution in [0.3, 0.4) is 0 Å². The summed E-state index contributed by atoms with van der Waals surface area (Å²) < 4.78 is 5.48. The second-order valence-corrected chi connectivity index (χ2v) is 9.85. The molecule has 2 atom stereocenters. The normalized spacial score (nSPS) is 19.6. The molecule has 1 saturated heterocycles. The monoisotopic (exact) mass is 508 g/mol. The Bertz CT molecular complexity index is 1200. The number of ether oxygens (including phenoxy) is 1. The molecule has 1 fully saturated rings. The topological polar surface area (TPSA) is 151 Å². The maximum Gasteiger partial charge on any atom is 0.351 e. The lowest BCUT2D eigenvalue weighted by Crippen LogP contribution is -2.57. The number of hydrazine groups is 1. The van der Waals surface area contributed by atoms with Crippen LogP contribution in [0.4, 0.5) is 5.82 Å². The summed E-state index contributed by atoms with van der Waals surface area (Å²) in [6.07, 6.45) is 4.35. The first-order chi connectivity index (χ1) is 17.3. The molecule has 37 heavy (non-hydrogen) atoms. The van der Waals surface area contributed by atoms with Crippen molar-refractivity contribution in [3.63, 3.8) is 0 Å². The summed E-state index contributed by atoms with van der Waals surface area (Å²) in [6.45, 7) is 9.05. The predicted molar refractivity (Wildman–Crippen MR) is 143 cm³/mol. The molecule has 2 heterocycles. The van der Waals surface area contributed by atoms with E-state index in [2.05, 4.69) is 53.1 Å². The van der Waals surface area contributed by atoms with Crippen LogP contribution in [0.15, 0.2) is 42.7 Å². The number of nitrogens with two attached hydrogens (primary N) is 1. The third kappa shape index (κ3) is 7.52. The number of hydrogen-bond donors (Lipinski definition) is 6. The molecule has 198 valence electrons. The Morgan fingerprint density at radius 2 is 1.89 bits per heavy atom. The maximum atomic E-state index is 10.7. The molecule has 1 aliphatic heterocycles. The smallest absolute Gasteiger partial charge is 0.351 e. The lowest BCUT2D eigenvalue weighted by atomic mass is 10.1. The molecular formula is C27H36N6O4. The number of anilines is 1. The van der Waals surface area contributed by atoms with Crippen molar-refractivity contribution in [2.75, 3.05) is 25.9 Å². The number of benzene rings is 1. The number of pyridine rings is 1. The van der Waals surface area contributed by atoms with Gasteiger partial charge in [-0.3, -0.25) is 4.90 Å². The number of aromatic nitrogens is 1. The third-order valence-electron chi connectivity index (χ3n) is 6.14. The Balaban J connectivity index is 1.81. The first kappa shape index (κ1) is 28.1. The summed E-state index contributed by atoms with van der Waals surface area (Å²) >= 11 is 0. The fourth-order valence-electron chi connectivity index (χ4n) is 3.81. The number of nitrogen functional groups attached to an aromatic ring is 1. The summed E-state index contributed by atoms with van der Waals surface area (Å²) in [5.74, 6) is 2.62. The predicted octanol–water partition coefficient (Wildman–Crippen LogP) is 1.48. The molecule has 0 bridgehead atoms. The Hall–Kier alpha value is -3.46. The van der Waals surface area contributed by atoms with Crippen molar-refractivity contribution in [1.29, 1.82) is 5.41 Å². The van der Waals surface area contributed by atoms with Crippen molar-refractivity contribution in [2.24, 2.45) is 0 Å². The summed E-state index contributed by atoms with van der Waals surface area (Å²) in [5, 5.41) is 41.2. The summed E-state index contributed by atoms with van der Waals surface area (Å²) in [4.78, 5) is 6.43. The molecule has 0 amide bonds. The zero-order chi connectivity index (χ0) is 27.4. The first-order valence-corrected chi connectivity index (χ1v) is 12.0. The molecule has 2 unspecified atom stereocenters. The Morgan fingerprint density at radius 1 is 1.22 bits per heavy atom. The van der Waals surface area contributed by atoms with E-state index in [0.717, 1.165) is 13.1 Å². The molecule has 0 radical (unpaired) electrons. The Morgan fingerprint density at radius 3 is 2.51 bits per heavy atom. The van der Waals surface area contributed by atoms with E-state index in [-0.39, 0.29) is 17.1 Å². The van der Waals surface area contributed by atoms with E-state index in [9.17, 15) is 15.3 Å². The van der Waals surface area contributed by atoms with Crippen LogP contribution in [-0.4, -0.2) is 74.2 Å². The van der Waals surface area contributed by atoms with Gasteiger partial charge in [0.25, 0.3) is 0 Å². The average Bonchev–Trinajstić information content (AvgIpc) is 2.83. The quantitative estimate of drug-likeness (QED) is 0.186. The van der Waals surface area contributed by atoms with Crippen LogP contribution in [0.2, 0.25) is 0 Å². The fraction of sp³-hybridized carbons (Fsp3) is 0.407. The number of piperazine rings is 1. The Labute approximate surface area is 217 Å². The van der Waals surface area contributed by atoms with E-state index < -0.39 is 11.6 Å². The van der Waals surface area contributed by atoms with E-state index >= 15 is 0 Å². The van der Waals surface area contributed by atoms with Gasteiger partial charge in [-0.15, -0.1) is 0 Å². The van der Waals surface area contributed by atoms with Gasteiger partial charge in [-0.2, -0.15) is 0 Å². The zero-order valence-corrected chi connectivity index (χ0v) is 21.9. The summed E-state index contributed by atoms with van der Waals surface area (Å²) in [6, 6.07) is 8.40. The third-order valence-corrected chi connectivity index (χ3v) is 6.14. The standard InChI is InChI=1S/C27H36N6O4/c1-18-16-33(17-19(2)32(18)5)31-15-22(13-28)21-12-24(25(29)30-14-21)37-27(35,36)23-8-6-7-20(11-23)9-10-26(3,4)34/h6-8,11-15,18-19,28,31,34-36H,16-17H2,1-5H3,(H2,29,30)/b22-15+,28-13?. The highest BCUT2D eigenvalue weighted by molar-refractivity contribution is 6.08. The van der Waals surface area contributed by atoms with E-state index in [1.54, 1.807) is 32.2 Å². The van der Waals surface area contributed by atoms with Gasteiger partial charge in [-0.05, 0) is 59.0 Å². The van der Waals surface area contributed by atoms with Crippen molar-refractivity contribution in [1.82, 2.24) is 20.3 Å². The highest BCUT2D eigenvalue weighted by atomic mass is 16.8. The van der Waals surface area contributed by atoms with Crippen molar-refractivity contribution >= 4 is 17.6 Å². The number of allylic oxidation sites excluding steroid dienone is 1. The fourth-order valence-corrected chi connectivity index (χ4v) is 3.81. The lowest BCUT2D eigenvalue weighted by molar-refractivity contribution is -0.303. The highest BCUT2D eigenvalue weighted by Crippen LogP contribution is 2.30. The van der Waals surface area contributed by atoms with Crippen LogP contribution in [0, 0.1) is 17.3 Å². The number of nitrogens with zero attached hydrogens (tertiary/aromatic N) is 3. The largest absolute Gasteiger partial charge is 0.432 e. The van der Waals surface area contributed by atoms with Crippen LogP contribution in [0.25, 0.3) is 5.57 Å². The minimum atomic E-state index is -2.74. The van der Waals surface area contributed by atoms with Crippen LogP contribution in [0.1, 0.15) is 44.4 Å². The molecule has 0 aliphatic carbocycles. The van der Waals surface area contributed by atoms with Crippen LogP contribution >= 0.6 is 0 Å². The molecule has 2 aromatic rings. The van der Waals surface area contributed by atoms with Gasteiger partial charge < -0.3 is 36.6 Å². The van der Waals surface area contributed by atoms with E-state index in [4.69, 9.17) is 15.9 Å². The number of nitrogens with one attached hydrogen (secondary N) is 2. The number of hydrogen-bond acceptors (Lipinski definition) is 10. The molecule has 0 saturated carbocycles. The Kier molecular flexibility index (Phi) is 8.58. The first-order valence-electron chi connectivity index (χ1n) is 12.0. The lowest BCUT2D eigenvalue weighted by Gasteiger charge is -2.42. The van der Waals surface area contributed by atoms with Gasteiger partial charge in [0.1, 0.15) is 5.60 Å². The molecule has 10 nitrogen and oxygen atoms in total. The molecule has 1 aromatic carbocycles. The van der Waals surface area contributed by atoms with Crippen LogP contribution in [-0.2, 0) is 5.97 Å². The van der Waals surface area contributed by atoms with Crippen LogP contribution in [0.5, 0.6) is 5.75 Å². The second kappa shape index (κ2) is 11.3. The minimum absolute atomic E-state index is 0.0163. The van der Waals surface area contributed by atoms with Gasteiger partial charge in [0.15, 0.2) is 11.6 Å². The van der Waals surface area contributed by atoms with Crippen molar-refractivity contribution in [3.8, 4) is 17.6 Å². The van der Waals surface area contributed by atoms with Crippen molar-refractivity contribution < 1.29 is 20.1 Å². The molecule has 7 N–H and O–H groups in total. The van der Waals surface area contributed by atoms with Gasteiger partial charge in [0.2, 0.25) is 0 Å². The van der Waals surface area contributed by atoms with Gasteiger partial charge in [-0.25, -0.2) is 9.99 Å². The van der Waals surface area contributed by atoms with E-state index in [1.807, 2.05) is 0 Å².